The van der Waals surface area contributed by atoms with Crippen molar-refractivity contribution in [1.29, 1.82) is 0 Å². The first-order chi connectivity index (χ1) is 11.1. The standard InChI is InChI=1S/C18H21ClN2O2/c1-14-7-3-6-10-17(14)23-12-11-21(2)13-18(22)20-16-9-5-4-8-15(16)19/h3-10H,11-13H2,1-2H3,(H,20,22)/p+1. The topological polar surface area (TPSA) is 42.8 Å². The number of hydrogen-bond donors (Lipinski definition) is 2. The van der Waals surface area contributed by atoms with Crippen molar-refractivity contribution in [1.82, 2.24) is 0 Å². The molecule has 23 heavy (non-hydrogen) atoms. The van der Waals surface area contributed by atoms with E-state index >= 15 is 0 Å². The maximum absolute atomic E-state index is 12.0. The zero-order valence-corrected chi connectivity index (χ0v) is 14.2. The van der Waals surface area contributed by atoms with E-state index in [1.807, 2.05) is 50.4 Å². The van der Waals surface area contributed by atoms with E-state index < -0.39 is 0 Å². The highest BCUT2D eigenvalue weighted by atomic mass is 35.5. The van der Waals surface area contributed by atoms with Crippen LogP contribution in [0.1, 0.15) is 5.56 Å². The van der Waals surface area contributed by atoms with Crippen molar-refractivity contribution in [2.24, 2.45) is 0 Å². The Bertz CT molecular complexity index is 661. The van der Waals surface area contributed by atoms with Crippen LogP contribution in [0.25, 0.3) is 0 Å². The number of benzene rings is 2. The van der Waals surface area contributed by atoms with Crippen molar-refractivity contribution < 1.29 is 14.4 Å². The molecule has 0 saturated heterocycles. The minimum absolute atomic E-state index is 0.0634. The number of anilines is 1. The van der Waals surface area contributed by atoms with Crippen LogP contribution in [-0.2, 0) is 4.79 Å². The Balaban J connectivity index is 1.74. The molecule has 0 radical (unpaired) electrons. The predicted molar refractivity (Wildman–Crippen MR) is 93.4 cm³/mol. The van der Waals surface area contributed by atoms with Gasteiger partial charge in [-0.1, -0.05) is 41.9 Å². The molecule has 0 bridgehead atoms. The van der Waals surface area contributed by atoms with Crippen LogP contribution in [0.2, 0.25) is 5.02 Å². The predicted octanol–water partition coefficient (Wildman–Crippen LogP) is 2.18. The maximum atomic E-state index is 12.0. The second-order valence-corrected chi connectivity index (χ2v) is 5.93. The number of ether oxygens (including phenoxy) is 1. The minimum atomic E-state index is -0.0634. The second-order valence-electron chi connectivity index (χ2n) is 5.53. The Morgan fingerprint density at radius 1 is 1.17 bits per heavy atom. The average Bonchev–Trinajstić information content (AvgIpc) is 2.51. The lowest BCUT2D eigenvalue weighted by atomic mass is 10.2. The highest BCUT2D eigenvalue weighted by molar-refractivity contribution is 6.33. The molecule has 0 aromatic heterocycles. The summed E-state index contributed by atoms with van der Waals surface area (Å²) in [6.07, 6.45) is 0. The molecule has 2 rings (SSSR count). The van der Waals surface area contributed by atoms with E-state index in [9.17, 15) is 4.79 Å². The summed E-state index contributed by atoms with van der Waals surface area (Å²) in [7, 11) is 1.97. The molecule has 0 aliphatic heterocycles. The van der Waals surface area contributed by atoms with Gasteiger partial charge in [0.2, 0.25) is 0 Å². The summed E-state index contributed by atoms with van der Waals surface area (Å²) < 4.78 is 5.75. The summed E-state index contributed by atoms with van der Waals surface area (Å²) in [5, 5.41) is 3.37. The lowest BCUT2D eigenvalue weighted by Gasteiger charge is -2.15. The van der Waals surface area contributed by atoms with Crippen molar-refractivity contribution >= 4 is 23.2 Å². The molecule has 2 aromatic carbocycles. The van der Waals surface area contributed by atoms with Gasteiger partial charge in [0.05, 0.1) is 17.8 Å². The van der Waals surface area contributed by atoms with Crippen molar-refractivity contribution in [3.05, 3.63) is 59.1 Å². The molecular weight excluding hydrogens is 312 g/mol. The largest absolute Gasteiger partial charge is 0.487 e. The van der Waals surface area contributed by atoms with Crippen LogP contribution in [0.15, 0.2) is 48.5 Å². The first-order valence-corrected chi connectivity index (χ1v) is 7.98. The molecule has 4 nitrogen and oxygen atoms in total. The van der Waals surface area contributed by atoms with Gasteiger partial charge in [0, 0.05) is 0 Å². The average molecular weight is 334 g/mol. The molecule has 0 aliphatic rings. The molecule has 1 atom stereocenters. The number of aryl methyl sites for hydroxylation is 1. The number of para-hydroxylation sites is 2. The first-order valence-electron chi connectivity index (χ1n) is 7.60. The van der Waals surface area contributed by atoms with Gasteiger partial charge in [-0.3, -0.25) is 4.79 Å². The highest BCUT2D eigenvalue weighted by Crippen LogP contribution is 2.19. The monoisotopic (exact) mass is 333 g/mol. The third kappa shape index (κ3) is 5.58. The molecule has 1 unspecified atom stereocenters. The van der Waals surface area contributed by atoms with Crippen LogP contribution in [-0.4, -0.2) is 32.7 Å². The number of nitrogens with one attached hydrogen (secondary N) is 2. The molecule has 0 fully saturated rings. The fraction of sp³-hybridized carbons (Fsp3) is 0.278. The van der Waals surface area contributed by atoms with Crippen LogP contribution < -0.4 is 15.0 Å². The van der Waals surface area contributed by atoms with Gasteiger partial charge in [0.25, 0.3) is 5.91 Å². The maximum Gasteiger partial charge on any atom is 0.279 e. The van der Waals surface area contributed by atoms with E-state index in [0.717, 1.165) is 22.8 Å². The van der Waals surface area contributed by atoms with Gasteiger partial charge in [0.1, 0.15) is 18.9 Å². The van der Waals surface area contributed by atoms with E-state index in [1.54, 1.807) is 12.1 Å². The third-order valence-corrected chi connectivity index (χ3v) is 3.82. The SMILES string of the molecule is Cc1ccccc1OCC[NH+](C)CC(=O)Nc1ccccc1Cl. The Morgan fingerprint density at radius 3 is 2.61 bits per heavy atom. The summed E-state index contributed by atoms with van der Waals surface area (Å²) in [6.45, 7) is 3.69. The fourth-order valence-electron chi connectivity index (χ4n) is 2.17. The van der Waals surface area contributed by atoms with Gasteiger partial charge in [-0.25, -0.2) is 0 Å². The Kier molecular flexibility index (Phi) is 6.44. The third-order valence-electron chi connectivity index (χ3n) is 3.49. The zero-order valence-electron chi connectivity index (χ0n) is 13.4. The van der Waals surface area contributed by atoms with Crippen molar-refractivity contribution in [3.8, 4) is 5.75 Å². The molecule has 5 heteroatoms. The summed E-state index contributed by atoms with van der Waals surface area (Å²) in [4.78, 5) is 13.1. The molecular formula is C18H22ClN2O2+. The van der Waals surface area contributed by atoms with Crippen molar-refractivity contribution in [2.75, 3.05) is 32.1 Å². The van der Waals surface area contributed by atoms with Gasteiger partial charge in [-0.15, -0.1) is 0 Å². The summed E-state index contributed by atoms with van der Waals surface area (Å²) in [5.74, 6) is 0.826. The van der Waals surface area contributed by atoms with Gasteiger partial charge in [-0.2, -0.15) is 0 Å². The summed E-state index contributed by atoms with van der Waals surface area (Å²) in [5.41, 5.74) is 1.75. The van der Waals surface area contributed by atoms with E-state index in [-0.39, 0.29) is 5.91 Å². The van der Waals surface area contributed by atoms with E-state index in [2.05, 4.69) is 5.32 Å². The Hall–Kier alpha value is -2.04. The lowest BCUT2D eigenvalue weighted by Crippen LogP contribution is -3.10. The van der Waals surface area contributed by atoms with Gasteiger partial charge in [-0.05, 0) is 30.7 Å². The Morgan fingerprint density at radius 2 is 1.87 bits per heavy atom. The summed E-state index contributed by atoms with van der Waals surface area (Å²) in [6, 6.07) is 15.1. The van der Waals surface area contributed by atoms with Gasteiger partial charge >= 0.3 is 0 Å². The quantitative estimate of drug-likeness (QED) is 0.815. The van der Waals surface area contributed by atoms with Gasteiger partial charge < -0.3 is 15.0 Å². The van der Waals surface area contributed by atoms with Crippen LogP contribution in [0, 0.1) is 6.92 Å². The molecule has 2 aromatic rings. The van der Waals surface area contributed by atoms with Gasteiger partial charge in [0.15, 0.2) is 6.54 Å². The molecule has 0 aliphatic carbocycles. The lowest BCUT2D eigenvalue weighted by molar-refractivity contribution is -0.871. The number of carbonyl (C=O) groups is 1. The molecule has 2 N–H and O–H groups in total. The Labute approximate surface area is 142 Å². The molecule has 1 amide bonds. The van der Waals surface area contributed by atoms with Crippen molar-refractivity contribution in [2.45, 2.75) is 6.92 Å². The molecule has 0 heterocycles. The number of hydrogen-bond acceptors (Lipinski definition) is 2. The van der Waals surface area contributed by atoms with Crippen LogP contribution in [0.3, 0.4) is 0 Å². The number of carbonyl (C=O) groups excluding carboxylic acids is 1. The smallest absolute Gasteiger partial charge is 0.279 e. The first kappa shape index (κ1) is 17.3. The number of halogens is 1. The summed E-state index contributed by atoms with van der Waals surface area (Å²) >= 11 is 6.03. The van der Waals surface area contributed by atoms with E-state index in [4.69, 9.17) is 16.3 Å². The van der Waals surface area contributed by atoms with E-state index in [1.165, 1.54) is 0 Å². The minimum Gasteiger partial charge on any atom is -0.487 e. The number of quaternary nitrogens is 1. The number of likely N-dealkylation sites (N-methyl/N-ethyl adjacent to an activating group) is 1. The van der Waals surface area contributed by atoms with Crippen molar-refractivity contribution in [3.63, 3.8) is 0 Å². The molecule has 0 saturated carbocycles. The second kappa shape index (κ2) is 8.56. The fourth-order valence-corrected chi connectivity index (χ4v) is 2.36. The molecule has 122 valence electrons. The molecule has 0 spiro atoms. The van der Waals surface area contributed by atoms with Crippen LogP contribution >= 0.6 is 11.6 Å². The van der Waals surface area contributed by atoms with E-state index in [0.29, 0.717) is 23.9 Å². The highest BCUT2D eigenvalue weighted by Gasteiger charge is 2.11. The zero-order chi connectivity index (χ0) is 16.7. The number of rotatable bonds is 7. The number of amides is 1. The normalized spacial score (nSPS) is 11.8. The van der Waals surface area contributed by atoms with Crippen LogP contribution in [0.4, 0.5) is 5.69 Å². The van der Waals surface area contributed by atoms with Crippen LogP contribution in [0.5, 0.6) is 5.75 Å².